The topological polar surface area (TPSA) is 61.7 Å². The van der Waals surface area contributed by atoms with Crippen molar-refractivity contribution in [1.29, 1.82) is 0 Å². The number of aromatic nitrogens is 5. The molecular weight excluding hydrogens is 699 g/mol. The molecule has 5 heterocycles. The standard InChI is InChI=1S/C51H29N5O/c1-2-13-30(14-3-1)49-52-50(31-25-26-37-36-19-8-11-24-44(36)57-45(37)29-31)54-51(53-49)56-43-23-10-7-18-35(43)40-27-28-41-39-21-12-20-38-33-16-5-4-15-32(33)34-17-6-9-22-42(34)55(46(38)39)47(41)48(40)56/h1-29H. The first-order chi connectivity index (χ1) is 28.3. The third-order valence-electron chi connectivity index (χ3n) is 11.7. The molecule has 1 aliphatic heterocycles. The van der Waals surface area contributed by atoms with Crippen LogP contribution in [-0.2, 0) is 0 Å². The fourth-order valence-electron chi connectivity index (χ4n) is 9.29. The van der Waals surface area contributed by atoms with E-state index >= 15 is 0 Å². The van der Waals surface area contributed by atoms with Crippen LogP contribution in [0, 0.1) is 0 Å². The van der Waals surface area contributed by atoms with Gasteiger partial charge in [0, 0.05) is 54.6 Å². The van der Waals surface area contributed by atoms with Crippen LogP contribution in [0.5, 0.6) is 0 Å². The van der Waals surface area contributed by atoms with E-state index in [9.17, 15) is 0 Å². The molecule has 12 aromatic rings. The summed E-state index contributed by atoms with van der Waals surface area (Å²) in [4.78, 5) is 15.8. The number of fused-ring (bicyclic) bond motifs is 15. The average molecular weight is 728 g/mol. The average Bonchev–Trinajstić information content (AvgIpc) is 3.91. The van der Waals surface area contributed by atoms with Crippen LogP contribution < -0.4 is 0 Å². The van der Waals surface area contributed by atoms with E-state index in [1.807, 2.05) is 36.4 Å². The van der Waals surface area contributed by atoms with Crippen molar-refractivity contribution in [2.75, 3.05) is 0 Å². The van der Waals surface area contributed by atoms with Gasteiger partial charge in [0.25, 0.3) is 0 Å². The third kappa shape index (κ3) is 4.21. The maximum absolute atomic E-state index is 6.35. The fourth-order valence-corrected chi connectivity index (χ4v) is 9.29. The van der Waals surface area contributed by atoms with E-state index in [0.717, 1.165) is 66.1 Å². The van der Waals surface area contributed by atoms with E-state index in [-0.39, 0.29) is 0 Å². The molecule has 6 nitrogen and oxygen atoms in total. The van der Waals surface area contributed by atoms with Gasteiger partial charge in [-0.1, -0.05) is 146 Å². The van der Waals surface area contributed by atoms with Gasteiger partial charge < -0.3 is 8.98 Å². The van der Waals surface area contributed by atoms with Gasteiger partial charge in [0.05, 0.1) is 27.8 Å². The van der Waals surface area contributed by atoms with Crippen molar-refractivity contribution in [2.24, 2.45) is 0 Å². The molecule has 0 amide bonds. The summed E-state index contributed by atoms with van der Waals surface area (Å²) in [5.74, 6) is 1.71. The van der Waals surface area contributed by atoms with Gasteiger partial charge in [-0.25, -0.2) is 4.98 Å². The predicted octanol–water partition coefficient (Wildman–Crippen LogP) is 12.9. The first kappa shape index (κ1) is 30.5. The van der Waals surface area contributed by atoms with E-state index in [1.54, 1.807) is 0 Å². The highest BCUT2D eigenvalue weighted by Crippen LogP contribution is 2.49. The molecule has 0 N–H and O–H groups in total. The summed E-state index contributed by atoms with van der Waals surface area (Å²) in [5, 5.41) is 6.78. The van der Waals surface area contributed by atoms with Gasteiger partial charge in [-0.2, -0.15) is 9.97 Å². The molecule has 264 valence electrons. The minimum atomic E-state index is 0.547. The van der Waals surface area contributed by atoms with Gasteiger partial charge in [-0.05, 0) is 41.5 Å². The van der Waals surface area contributed by atoms with E-state index in [4.69, 9.17) is 19.4 Å². The number of rotatable bonds is 3. The summed E-state index contributed by atoms with van der Waals surface area (Å²) in [6, 6.07) is 62.0. The molecular formula is C51H29N5O. The zero-order chi connectivity index (χ0) is 37.2. The lowest BCUT2D eigenvalue weighted by Crippen LogP contribution is -2.07. The molecule has 0 radical (unpaired) electrons. The molecule has 8 aromatic carbocycles. The molecule has 0 saturated carbocycles. The Bertz CT molecular complexity index is 3650. The van der Waals surface area contributed by atoms with Gasteiger partial charge in [0.2, 0.25) is 5.95 Å². The molecule has 0 atom stereocenters. The molecule has 57 heavy (non-hydrogen) atoms. The van der Waals surface area contributed by atoms with Crippen LogP contribution >= 0.6 is 0 Å². The summed E-state index contributed by atoms with van der Waals surface area (Å²) >= 11 is 0. The van der Waals surface area contributed by atoms with Crippen molar-refractivity contribution < 1.29 is 4.42 Å². The Labute approximate surface area is 325 Å². The number of nitrogens with zero attached hydrogens (tertiary/aromatic N) is 5. The van der Waals surface area contributed by atoms with Crippen LogP contribution in [0.4, 0.5) is 0 Å². The number of benzene rings is 8. The Kier molecular flexibility index (Phi) is 6.07. The van der Waals surface area contributed by atoms with Crippen LogP contribution in [0.3, 0.4) is 0 Å². The fraction of sp³-hybridized carbons (Fsp3) is 0. The Morgan fingerprint density at radius 1 is 0.351 bits per heavy atom. The number of furan rings is 1. The summed E-state index contributed by atoms with van der Waals surface area (Å²) in [7, 11) is 0. The van der Waals surface area contributed by atoms with Crippen LogP contribution in [0.15, 0.2) is 180 Å². The summed E-state index contributed by atoms with van der Waals surface area (Å²) in [6.07, 6.45) is 0. The normalized spacial score (nSPS) is 12.2. The molecule has 1 aliphatic rings. The molecule has 0 bridgehead atoms. The van der Waals surface area contributed by atoms with Gasteiger partial charge in [0.15, 0.2) is 11.6 Å². The molecule has 0 spiro atoms. The minimum absolute atomic E-state index is 0.547. The van der Waals surface area contributed by atoms with Crippen molar-refractivity contribution in [3.63, 3.8) is 0 Å². The molecule has 6 heteroatoms. The van der Waals surface area contributed by atoms with Crippen molar-refractivity contribution in [2.45, 2.75) is 0 Å². The zero-order valence-electron chi connectivity index (χ0n) is 30.4. The summed E-state index contributed by atoms with van der Waals surface area (Å²) in [5.41, 5.74) is 13.8. The maximum Gasteiger partial charge on any atom is 0.238 e. The Balaban J connectivity index is 1.18. The van der Waals surface area contributed by atoms with E-state index < -0.39 is 0 Å². The van der Waals surface area contributed by atoms with Gasteiger partial charge in [-0.15, -0.1) is 0 Å². The molecule has 0 fully saturated rings. The van der Waals surface area contributed by atoms with E-state index in [0.29, 0.717) is 17.6 Å². The van der Waals surface area contributed by atoms with E-state index in [2.05, 4.69) is 149 Å². The van der Waals surface area contributed by atoms with Gasteiger partial charge >= 0.3 is 0 Å². The Hall–Kier alpha value is -7.83. The minimum Gasteiger partial charge on any atom is -0.456 e. The molecule has 0 saturated heterocycles. The molecule has 13 rings (SSSR count). The smallest absolute Gasteiger partial charge is 0.238 e. The highest BCUT2D eigenvalue weighted by Gasteiger charge is 2.28. The zero-order valence-corrected chi connectivity index (χ0v) is 30.4. The van der Waals surface area contributed by atoms with E-state index in [1.165, 1.54) is 38.5 Å². The second-order valence-electron chi connectivity index (χ2n) is 14.8. The van der Waals surface area contributed by atoms with Crippen LogP contribution in [0.25, 0.3) is 122 Å². The maximum atomic E-state index is 6.35. The summed E-state index contributed by atoms with van der Waals surface area (Å²) in [6.45, 7) is 0. The predicted molar refractivity (Wildman–Crippen MR) is 231 cm³/mol. The Morgan fingerprint density at radius 2 is 0.930 bits per heavy atom. The lowest BCUT2D eigenvalue weighted by atomic mass is 9.94. The van der Waals surface area contributed by atoms with Gasteiger partial charge in [0.1, 0.15) is 11.2 Å². The lowest BCUT2D eigenvalue weighted by Gasteiger charge is -2.14. The second kappa shape index (κ2) is 11.4. The van der Waals surface area contributed by atoms with Crippen molar-refractivity contribution in [1.82, 2.24) is 24.1 Å². The molecule has 0 aliphatic carbocycles. The first-order valence-corrected chi connectivity index (χ1v) is 19.2. The van der Waals surface area contributed by atoms with Crippen LogP contribution in [0.2, 0.25) is 0 Å². The summed E-state index contributed by atoms with van der Waals surface area (Å²) < 4.78 is 11.1. The second-order valence-corrected chi connectivity index (χ2v) is 14.8. The van der Waals surface area contributed by atoms with Crippen LogP contribution in [-0.4, -0.2) is 24.1 Å². The van der Waals surface area contributed by atoms with Crippen molar-refractivity contribution >= 4 is 65.6 Å². The largest absolute Gasteiger partial charge is 0.456 e. The monoisotopic (exact) mass is 727 g/mol. The highest BCUT2D eigenvalue weighted by atomic mass is 16.3. The lowest BCUT2D eigenvalue weighted by molar-refractivity contribution is 0.669. The Morgan fingerprint density at radius 3 is 1.79 bits per heavy atom. The number of para-hydroxylation sites is 4. The van der Waals surface area contributed by atoms with Crippen molar-refractivity contribution in [3.8, 4) is 56.7 Å². The molecule has 4 aromatic heterocycles. The SMILES string of the molecule is c1ccc(-c2nc(-c3ccc4c(c3)oc3ccccc34)nc(-n3c4ccccc4c4ccc5c6cccc7c6n(c5c43)-c3ccccc3-c3ccccc3-7)n2)cc1. The third-order valence-corrected chi connectivity index (χ3v) is 11.7. The van der Waals surface area contributed by atoms with Crippen LogP contribution in [0.1, 0.15) is 0 Å². The number of hydrogen-bond donors (Lipinski definition) is 0. The quantitative estimate of drug-likeness (QED) is 0.182. The first-order valence-electron chi connectivity index (χ1n) is 19.2. The van der Waals surface area contributed by atoms with Gasteiger partial charge in [-0.3, -0.25) is 4.57 Å². The highest BCUT2D eigenvalue weighted by molar-refractivity contribution is 6.26. The molecule has 0 unspecified atom stereocenters. The van der Waals surface area contributed by atoms with Crippen molar-refractivity contribution in [3.05, 3.63) is 176 Å². The number of hydrogen-bond acceptors (Lipinski definition) is 4.